The SMILES string of the molecule is CC(C)(C)OC(=O)Nc1ccc(OC(C)(C)C)c(C#N)c1. The van der Waals surface area contributed by atoms with Gasteiger partial charge in [0.2, 0.25) is 0 Å². The molecule has 1 rings (SSSR count). The molecule has 0 spiro atoms. The Bertz CT molecular complexity index is 560. The van der Waals surface area contributed by atoms with Crippen LogP contribution in [0, 0.1) is 11.3 Å². The van der Waals surface area contributed by atoms with Crippen LogP contribution in [0.4, 0.5) is 10.5 Å². The summed E-state index contributed by atoms with van der Waals surface area (Å²) >= 11 is 0. The number of carbonyl (C=O) groups is 1. The van der Waals surface area contributed by atoms with Crippen molar-refractivity contribution < 1.29 is 14.3 Å². The largest absolute Gasteiger partial charge is 0.487 e. The Kier molecular flexibility index (Phi) is 4.84. The van der Waals surface area contributed by atoms with Crippen LogP contribution in [0.2, 0.25) is 0 Å². The van der Waals surface area contributed by atoms with Crippen molar-refractivity contribution in [1.29, 1.82) is 5.26 Å². The van der Waals surface area contributed by atoms with Crippen LogP contribution in [0.25, 0.3) is 0 Å². The van der Waals surface area contributed by atoms with Crippen molar-refractivity contribution in [3.8, 4) is 11.8 Å². The highest BCUT2D eigenvalue weighted by atomic mass is 16.6. The first-order valence-corrected chi connectivity index (χ1v) is 6.73. The summed E-state index contributed by atoms with van der Waals surface area (Å²) in [6, 6.07) is 6.96. The second kappa shape index (κ2) is 6.04. The molecule has 0 aliphatic heterocycles. The maximum Gasteiger partial charge on any atom is 0.412 e. The topological polar surface area (TPSA) is 71.3 Å². The van der Waals surface area contributed by atoms with E-state index in [-0.39, 0.29) is 0 Å². The molecule has 0 saturated heterocycles. The Balaban J connectivity index is 2.88. The number of hydrogen-bond donors (Lipinski definition) is 1. The van der Waals surface area contributed by atoms with Crippen molar-refractivity contribution in [3.63, 3.8) is 0 Å². The van der Waals surface area contributed by atoms with E-state index in [1.807, 2.05) is 20.8 Å². The lowest BCUT2D eigenvalue weighted by atomic mass is 10.1. The third-order valence-electron chi connectivity index (χ3n) is 2.16. The van der Waals surface area contributed by atoms with E-state index in [4.69, 9.17) is 9.47 Å². The lowest BCUT2D eigenvalue weighted by Crippen LogP contribution is -2.27. The zero-order chi connectivity index (χ0) is 16.3. The molecule has 21 heavy (non-hydrogen) atoms. The molecule has 0 bridgehead atoms. The van der Waals surface area contributed by atoms with Gasteiger partial charge in [0.1, 0.15) is 23.0 Å². The molecule has 0 aliphatic carbocycles. The van der Waals surface area contributed by atoms with E-state index in [9.17, 15) is 10.1 Å². The lowest BCUT2D eigenvalue weighted by molar-refractivity contribution is 0.0635. The van der Waals surface area contributed by atoms with E-state index >= 15 is 0 Å². The molecule has 0 heterocycles. The Morgan fingerprint density at radius 1 is 1.14 bits per heavy atom. The van der Waals surface area contributed by atoms with Gasteiger partial charge in [-0.15, -0.1) is 0 Å². The zero-order valence-corrected chi connectivity index (χ0v) is 13.4. The molecule has 1 aromatic carbocycles. The van der Waals surface area contributed by atoms with E-state index in [0.717, 1.165) is 0 Å². The summed E-state index contributed by atoms with van der Waals surface area (Å²) in [4.78, 5) is 11.7. The molecule has 1 aromatic rings. The van der Waals surface area contributed by atoms with Crippen LogP contribution in [0.3, 0.4) is 0 Å². The molecule has 114 valence electrons. The van der Waals surface area contributed by atoms with Gasteiger partial charge in [0.15, 0.2) is 0 Å². The number of nitrogens with one attached hydrogen (secondary N) is 1. The normalized spacial score (nSPS) is 11.5. The number of anilines is 1. The first-order chi connectivity index (χ1) is 9.50. The van der Waals surface area contributed by atoms with Gasteiger partial charge in [-0.2, -0.15) is 5.26 Å². The minimum Gasteiger partial charge on any atom is -0.487 e. The maximum atomic E-state index is 11.7. The van der Waals surface area contributed by atoms with Crippen LogP contribution in [-0.2, 0) is 4.74 Å². The van der Waals surface area contributed by atoms with Crippen LogP contribution in [0.5, 0.6) is 5.75 Å². The second-order valence-corrected chi connectivity index (χ2v) is 6.66. The second-order valence-electron chi connectivity index (χ2n) is 6.66. The van der Waals surface area contributed by atoms with Crippen molar-refractivity contribution in [2.24, 2.45) is 0 Å². The molecule has 0 aliphatic rings. The van der Waals surface area contributed by atoms with Crippen molar-refractivity contribution in [2.45, 2.75) is 52.7 Å². The van der Waals surface area contributed by atoms with Crippen LogP contribution in [0.15, 0.2) is 18.2 Å². The first-order valence-electron chi connectivity index (χ1n) is 6.73. The third-order valence-corrected chi connectivity index (χ3v) is 2.16. The van der Waals surface area contributed by atoms with Crippen molar-refractivity contribution in [2.75, 3.05) is 5.32 Å². The molecule has 1 amide bonds. The van der Waals surface area contributed by atoms with Crippen LogP contribution < -0.4 is 10.1 Å². The fourth-order valence-corrected chi connectivity index (χ4v) is 1.54. The minimum absolute atomic E-state index is 0.360. The minimum atomic E-state index is -0.572. The Morgan fingerprint density at radius 3 is 2.24 bits per heavy atom. The van der Waals surface area contributed by atoms with E-state index < -0.39 is 17.3 Å². The summed E-state index contributed by atoms with van der Waals surface area (Å²) in [6.07, 6.45) is -0.559. The fraction of sp³-hybridized carbons (Fsp3) is 0.500. The molecule has 0 aromatic heterocycles. The van der Waals surface area contributed by atoms with Gasteiger partial charge in [0, 0.05) is 5.69 Å². The fourth-order valence-electron chi connectivity index (χ4n) is 1.54. The Morgan fingerprint density at radius 2 is 1.76 bits per heavy atom. The van der Waals surface area contributed by atoms with Gasteiger partial charge in [-0.1, -0.05) is 0 Å². The Hall–Kier alpha value is -2.22. The third kappa shape index (κ3) is 6.17. The van der Waals surface area contributed by atoms with Crippen molar-refractivity contribution >= 4 is 11.8 Å². The first kappa shape index (κ1) is 16.8. The molecule has 1 N–H and O–H groups in total. The monoisotopic (exact) mass is 290 g/mol. The van der Waals surface area contributed by atoms with Gasteiger partial charge in [-0.25, -0.2) is 4.79 Å². The van der Waals surface area contributed by atoms with Gasteiger partial charge >= 0.3 is 6.09 Å². The summed E-state index contributed by atoms with van der Waals surface area (Å²) in [5.74, 6) is 0.486. The number of hydrogen-bond acceptors (Lipinski definition) is 4. The smallest absolute Gasteiger partial charge is 0.412 e. The number of nitriles is 1. The highest BCUT2D eigenvalue weighted by molar-refractivity contribution is 5.85. The van der Waals surface area contributed by atoms with E-state index in [1.54, 1.807) is 39.0 Å². The van der Waals surface area contributed by atoms with E-state index in [2.05, 4.69) is 11.4 Å². The standard InChI is InChI=1S/C16H22N2O3/c1-15(2,3)20-13-8-7-12(9-11(13)10-17)18-14(19)21-16(4,5)6/h7-9H,1-6H3,(H,18,19). The summed E-state index contributed by atoms with van der Waals surface area (Å²) in [7, 11) is 0. The van der Waals surface area contributed by atoms with Gasteiger partial charge < -0.3 is 9.47 Å². The van der Waals surface area contributed by atoms with Crippen molar-refractivity contribution in [1.82, 2.24) is 0 Å². The highest BCUT2D eigenvalue weighted by Gasteiger charge is 2.18. The number of ether oxygens (including phenoxy) is 2. The predicted molar refractivity (Wildman–Crippen MR) is 81.4 cm³/mol. The van der Waals surface area contributed by atoms with Gasteiger partial charge in [0.25, 0.3) is 0 Å². The lowest BCUT2D eigenvalue weighted by Gasteiger charge is -2.22. The number of amides is 1. The quantitative estimate of drug-likeness (QED) is 0.890. The summed E-state index contributed by atoms with van der Waals surface area (Å²) in [6.45, 7) is 11.1. The van der Waals surface area contributed by atoms with Crippen molar-refractivity contribution in [3.05, 3.63) is 23.8 Å². The Labute approximate surface area is 125 Å². The molecule has 0 unspecified atom stereocenters. The van der Waals surface area contributed by atoms with Crippen LogP contribution in [0.1, 0.15) is 47.1 Å². The number of rotatable bonds is 2. The molecule has 5 nitrogen and oxygen atoms in total. The van der Waals surface area contributed by atoms with Crippen LogP contribution in [-0.4, -0.2) is 17.3 Å². The van der Waals surface area contributed by atoms with E-state index in [0.29, 0.717) is 17.0 Å². The molecule has 0 radical (unpaired) electrons. The molecule has 0 saturated carbocycles. The molecule has 0 atom stereocenters. The number of carbonyl (C=O) groups excluding carboxylic acids is 1. The predicted octanol–water partition coefficient (Wildman–Crippen LogP) is 4.08. The summed E-state index contributed by atoms with van der Waals surface area (Å²) in [5.41, 5.74) is -0.121. The molecule has 5 heteroatoms. The zero-order valence-electron chi connectivity index (χ0n) is 13.4. The maximum absolute atomic E-state index is 11.7. The highest BCUT2D eigenvalue weighted by Crippen LogP contribution is 2.26. The van der Waals surface area contributed by atoms with Gasteiger partial charge in [-0.3, -0.25) is 5.32 Å². The van der Waals surface area contributed by atoms with Gasteiger partial charge in [0.05, 0.1) is 5.56 Å². The van der Waals surface area contributed by atoms with E-state index in [1.165, 1.54) is 0 Å². The number of nitrogens with zero attached hydrogens (tertiary/aromatic N) is 1. The molecule has 0 fully saturated rings. The molecular formula is C16H22N2O3. The van der Waals surface area contributed by atoms with Gasteiger partial charge in [-0.05, 0) is 59.7 Å². The average molecular weight is 290 g/mol. The number of benzene rings is 1. The van der Waals surface area contributed by atoms with Crippen LogP contribution >= 0.6 is 0 Å². The average Bonchev–Trinajstić information content (AvgIpc) is 2.26. The molecular weight excluding hydrogens is 268 g/mol. The summed E-state index contributed by atoms with van der Waals surface area (Å²) < 4.78 is 10.9. The summed E-state index contributed by atoms with van der Waals surface area (Å²) in [5, 5.41) is 11.8.